The number of pyridine rings is 1. The van der Waals surface area contributed by atoms with Crippen molar-refractivity contribution in [3.63, 3.8) is 0 Å². The molecule has 2 aromatic heterocycles. The molecular weight excluding hydrogens is 438 g/mol. The van der Waals surface area contributed by atoms with Gasteiger partial charge in [0.15, 0.2) is 5.01 Å². The Bertz CT molecular complexity index is 1160. The van der Waals surface area contributed by atoms with Crippen LogP contribution in [0.15, 0.2) is 77.8 Å². The van der Waals surface area contributed by atoms with Crippen LogP contribution in [0.3, 0.4) is 0 Å². The maximum absolute atomic E-state index is 5.46. The van der Waals surface area contributed by atoms with E-state index in [0.717, 1.165) is 59.3 Å². The van der Waals surface area contributed by atoms with Gasteiger partial charge in [-0.1, -0.05) is 47.7 Å². The van der Waals surface area contributed by atoms with Crippen LogP contribution < -0.4 is 10.2 Å². The second-order valence-electron chi connectivity index (χ2n) is 7.31. The van der Waals surface area contributed by atoms with E-state index in [2.05, 4.69) is 55.7 Å². The summed E-state index contributed by atoms with van der Waals surface area (Å²) in [6, 6.07) is 22.7. The second-order valence-corrected chi connectivity index (χ2v) is 9.30. The standard InChI is InChI=1S/C24H23N5OS2/c1-2-6-19(7-3-1)26-24-28-27-23(32-24)20-8-4-5-9-21(20)31-17-18-10-11-25-22(16-18)29-12-14-30-15-13-29/h1-11,16H,12-15,17H2,(H,26,28). The number of thioether (sulfide) groups is 1. The summed E-state index contributed by atoms with van der Waals surface area (Å²) in [4.78, 5) is 8.04. The monoisotopic (exact) mass is 461 g/mol. The maximum atomic E-state index is 5.46. The number of aromatic nitrogens is 3. The van der Waals surface area contributed by atoms with Crippen LogP contribution in [0.2, 0.25) is 0 Å². The molecule has 0 spiro atoms. The number of hydrogen-bond donors (Lipinski definition) is 1. The van der Waals surface area contributed by atoms with Crippen LogP contribution in [0.5, 0.6) is 0 Å². The third-order valence-corrected chi connectivity index (χ3v) is 7.12. The van der Waals surface area contributed by atoms with Crippen molar-refractivity contribution in [2.45, 2.75) is 10.6 Å². The number of para-hydroxylation sites is 1. The van der Waals surface area contributed by atoms with Crippen molar-refractivity contribution in [3.8, 4) is 10.6 Å². The number of nitrogens with zero attached hydrogens (tertiary/aromatic N) is 4. The first-order valence-electron chi connectivity index (χ1n) is 10.5. The predicted molar refractivity (Wildman–Crippen MR) is 132 cm³/mol. The van der Waals surface area contributed by atoms with E-state index in [1.54, 1.807) is 11.3 Å². The molecule has 6 nitrogen and oxygen atoms in total. The van der Waals surface area contributed by atoms with Gasteiger partial charge < -0.3 is 15.0 Å². The Balaban J connectivity index is 1.29. The SMILES string of the molecule is c1ccc(Nc2nnc(-c3ccccc3SCc3ccnc(N4CCOCC4)c3)s2)cc1. The van der Waals surface area contributed by atoms with E-state index in [1.807, 2.05) is 54.4 Å². The molecule has 1 aliphatic rings. The van der Waals surface area contributed by atoms with Crippen molar-refractivity contribution in [3.05, 3.63) is 78.5 Å². The summed E-state index contributed by atoms with van der Waals surface area (Å²) in [5, 5.41) is 13.8. The van der Waals surface area contributed by atoms with Crippen LogP contribution in [-0.4, -0.2) is 41.5 Å². The second kappa shape index (κ2) is 10.1. The molecule has 32 heavy (non-hydrogen) atoms. The number of nitrogens with one attached hydrogen (secondary N) is 1. The lowest BCUT2D eigenvalue weighted by molar-refractivity contribution is 0.122. The molecule has 0 atom stereocenters. The first-order valence-corrected chi connectivity index (χ1v) is 12.3. The molecule has 5 rings (SSSR count). The van der Waals surface area contributed by atoms with Gasteiger partial charge in [0.1, 0.15) is 5.82 Å². The molecule has 1 N–H and O–H groups in total. The smallest absolute Gasteiger partial charge is 0.210 e. The Labute approximate surface area is 195 Å². The van der Waals surface area contributed by atoms with E-state index < -0.39 is 0 Å². The van der Waals surface area contributed by atoms with Gasteiger partial charge in [-0.05, 0) is 35.9 Å². The van der Waals surface area contributed by atoms with E-state index in [9.17, 15) is 0 Å². The van der Waals surface area contributed by atoms with Gasteiger partial charge in [-0.3, -0.25) is 0 Å². The number of rotatable bonds is 7. The van der Waals surface area contributed by atoms with Crippen LogP contribution in [0, 0.1) is 0 Å². The molecule has 162 valence electrons. The van der Waals surface area contributed by atoms with E-state index >= 15 is 0 Å². The summed E-state index contributed by atoms with van der Waals surface area (Å²) in [5.41, 5.74) is 3.37. The molecular formula is C24H23N5OS2. The van der Waals surface area contributed by atoms with Gasteiger partial charge in [0.2, 0.25) is 5.13 Å². The largest absolute Gasteiger partial charge is 0.378 e. The van der Waals surface area contributed by atoms with Gasteiger partial charge in [0.25, 0.3) is 0 Å². The Morgan fingerprint density at radius 3 is 2.66 bits per heavy atom. The first-order chi connectivity index (χ1) is 15.8. The van der Waals surface area contributed by atoms with Gasteiger partial charge in [0.05, 0.1) is 13.2 Å². The molecule has 8 heteroatoms. The third-order valence-electron chi connectivity index (χ3n) is 5.11. The fraction of sp³-hybridized carbons (Fsp3) is 0.208. The summed E-state index contributed by atoms with van der Waals surface area (Å²) < 4.78 is 5.46. The summed E-state index contributed by atoms with van der Waals surface area (Å²) in [7, 11) is 0. The lowest BCUT2D eigenvalue weighted by Gasteiger charge is -2.28. The molecule has 3 heterocycles. The molecule has 0 saturated carbocycles. The molecule has 0 unspecified atom stereocenters. The maximum Gasteiger partial charge on any atom is 0.210 e. The van der Waals surface area contributed by atoms with Gasteiger partial charge >= 0.3 is 0 Å². The highest BCUT2D eigenvalue weighted by Crippen LogP contribution is 2.36. The summed E-state index contributed by atoms with van der Waals surface area (Å²) in [6.07, 6.45) is 1.90. The van der Waals surface area contributed by atoms with Crippen LogP contribution in [0.4, 0.5) is 16.6 Å². The Hall–Kier alpha value is -2.94. The fourth-order valence-electron chi connectivity index (χ4n) is 3.47. The number of anilines is 3. The molecule has 0 bridgehead atoms. The molecule has 0 aliphatic carbocycles. The van der Waals surface area contributed by atoms with E-state index in [4.69, 9.17) is 4.74 Å². The highest BCUT2D eigenvalue weighted by molar-refractivity contribution is 7.98. The first kappa shape index (κ1) is 20.9. The topological polar surface area (TPSA) is 63.2 Å². The minimum absolute atomic E-state index is 0.761. The summed E-state index contributed by atoms with van der Waals surface area (Å²) >= 11 is 3.37. The highest BCUT2D eigenvalue weighted by atomic mass is 32.2. The molecule has 1 aliphatic heterocycles. The lowest BCUT2D eigenvalue weighted by atomic mass is 10.2. The van der Waals surface area contributed by atoms with Crippen LogP contribution >= 0.6 is 23.1 Å². The van der Waals surface area contributed by atoms with Crippen LogP contribution in [0.25, 0.3) is 10.6 Å². The van der Waals surface area contributed by atoms with Gasteiger partial charge in [-0.25, -0.2) is 4.98 Å². The molecule has 1 saturated heterocycles. The fourth-order valence-corrected chi connectivity index (χ4v) is 5.34. The zero-order valence-corrected chi connectivity index (χ0v) is 19.1. The number of benzene rings is 2. The minimum atomic E-state index is 0.761. The summed E-state index contributed by atoms with van der Waals surface area (Å²) in [6.45, 7) is 3.31. The molecule has 2 aromatic carbocycles. The lowest BCUT2D eigenvalue weighted by Crippen LogP contribution is -2.36. The normalized spacial score (nSPS) is 13.8. The van der Waals surface area contributed by atoms with E-state index in [-0.39, 0.29) is 0 Å². The average molecular weight is 462 g/mol. The van der Waals surface area contributed by atoms with E-state index in [0.29, 0.717) is 0 Å². The van der Waals surface area contributed by atoms with Crippen molar-refractivity contribution in [2.75, 3.05) is 36.5 Å². The highest BCUT2D eigenvalue weighted by Gasteiger charge is 2.14. The minimum Gasteiger partial charge on any atom is -0.378 e. The Morgan fingerprint density at radius 2 is 1.78 bits per heavy atom. The van der Waals surface area contributed by atoms with E-state index in [1.165, 1.54) is 10.5 Å². The molecule has 4 aromatic rings. The predicted octanol–water partition coefficient (Wildman–Crippen LogP) is 5.47. The number of morpholine rings is 1. The zero-order valence-electron chi connectivity index (χ0n) is 17.5. The molecule has 0 radical (unpaired) electrons. The Kier molecular flexibility index (Phi) is 6.62. The van der Waals surface area contributed by atoms with Gasteiger partial charge in [0, 0.05) is 41.2 Å². The molecule has 1 fully saturated rings. The van der Waals surface area contributed by atoms with Crippen LogP contribution in [0.1, 0.15) is 5.56 Å². The van der Waals surface area contributed by atoms with Crippen molar-refractivity contribution in [1.82, 2.24) is 15.2 Å². The van der Waals surface area contributed by atoms with Crippen molar-refractivity contribution < 1.29 is 4.74 Å². The van der Waals surface area contributed by atoms with Crippen molar-refractivity contribution in [1.29, 1.82) is 0 Å². The van der Waals surface area contributed by atoms with Gasteiger partial charge in [-0.2, -0.15) is 0 Å². The quantitative estimate of drug-likeness (QED) is 0.366. The molecule has 0 amide bonds. The summed E-state index contributed by atoms with van der Waals surface area (Å²) in [5.74, 6) is 1.89. The number of ether oxygens (including phenoxy) is 1. The van der Waals surface area contributed by atoms with Gasteiger partial charge in [-0.15, -0.1) is 22.0 Å². The Morgan fingerprint density at radius 1 is 0.969 bits per heavy atom. The third kappa shape index (κ3) is 5.09. The number of hydrogen-bond acceptors (Lipinski definition) is 8. The average Bonchev–Trinajstić information content (AvgIpc) is 3.32. The van der Waals surface area contributed by atoms with Crippen molar-refractivity contribution >= 4 is 39.7 Å². The zero-order chi connectivity index (χ0) is 21.6. The van der Waals surface area contributed by atoms with Crippen LogP contribution in [-0.2, 0) is 10.5 Å². The van der Waals surface area contributed by atoms with Crippen molar-refractivity contribution in [2.24, 2.45) is 0 Å².